The Morgan fingerprint density at radius 1 is 1.09 bits per heavy atom. The number of rotatable bonds is 3. The van der Waals surface area contributed by atoms with Crippen LogP contribution in [-0.2, 0) is 4.79 Å². The Balaban J connectivity index is 2.33. The van der Waals surface area contributed by atoms with Gasteiger partial charge in [-0.05, 0) is 19.1 Å². The normalized spacial score (nSPS) is 11.2. The van der Waals surface area contributed by atoms with Gasteiger partial charge in [0, 0.05) is 22.8 Å². The lowest BCUT2D eigenvalue weighted by molar-refractivity contribution is -0.131. The highest BCUT2D eigenvalue weighted by molar-refractivity contribution is 5.92. The van der Waals surface area contributed by atoms with Gasteiger partial charge in [0.1, 0.15) is 11.3 Å². The topological polar surface area (TPSA) is 67.5 Å². The number of aliphatic carboxylic acids is 1. The van der Waals surface area contributed by atoms with Gasteiger partial charge in [-0.25, -0.2) is 4.79 Å². The zero-order valence-corrected chi connectivity index (χ0v) is 12.4. The van der Waals surface area contributed by atoms with Crippen LogP contribution in [0.5, 0.6) is 0 Å². The molecule has 4 nitrogen and oxygen atoms in total. The van der Waals surface area contributed by atoms with E-state index < -0.39 is 5.97 Å². The molecule has 0 bridgehead atoms. The molecule has 0 aliphatic heterocycles. The summed E-state index contributed by atoms with van der Waals surface area (Å²) in [4.78, 5) is 23.4. The van der Waals surface area contributed by atoms with Crippen LogP contribution in [0.25, 0.3) is 28.4 Å². The third-order valence-electron chi connectivity index (χ3n) is 3.62. The molecule has 0 saturated carbocycles. The van der Waals surface area contributed by atoms with Crippen LogP contribution < -0.4 is 5.43 Å². The summed E-state index contributed by atoms with van der Waals surface area (Å²) in [6.45, 7) is 1.73. The molecule has 0 unspecified atom stereocenters. The summed E-state index contributed by atoms with van der Waals surface area (Å²) in [5.74, 6) is -0.556. The minimum atomic E-state index is -1.06. The fourth-order valence-corrected chi connectivity index (χ4v) is 2.49. The average Bonchev–Trinajstić information content (AvgIpc) is 2.57. The van der Waals surface area contributed by atoms with E-state index in [0.29, 0.717) is 27.9 Å². The molecule has 1 aromatic heterocycles. The smallest absolute Gasteiger partial charge is 0.328 e. The largest absolute Gasteiger partial charge is 0.478 e. The van der Waals surface area contributed by atoms with Crippen molar-refractivity contribution in [3.05, 3.63) is 76.0 Å². The number of carboxylic acid groups (broad SMARTS) is 1. The van der Waals surface area contributed by atoms with E-state index >= 15 is 0 Å². The van der Waals surface area contributed by atoms with Crippen molar-refractivity contribution in [2.24, 2.45) is 0 Å². The van der Waals surface area contributed by atoms with Crippen LogP contribution in [0.3, 0.4) is 0 Å². The molecule has 23 heavy (non-hydrogen) atoms. The van der Waals surface area contributed by atoms with Gasteiger partial charge in [-0.1, -0.05) is 42.5 Å². The number of hydrogen-bond donors (Lipinski definition) is 1. The highest BCUT2D eigenvalue weighted by atomic mass is 16.4. The SMILES string of the molecule is Cc1c(-c2ccccc2)oc2c(C=CC(=O)O)cccc2c1=O. The number of para-hydroxylation sites is 1. The quantitative estimate of drug-likeness (QED) is 0.746. The first-order valence-corrected chi connectivity index (χ1v) is 7.11. The van der Waals surface area contributed by atoms with Gasteiger partial charge >= 0.3 is 5.97 Å². The van der Waals surface area contributed by atoms with Crippen molar-refractivity contribution in [3.8, 4) is 11.3 Å². The van der Waals surface area contributed by atoms with Crippen molar-refractivity contribution >= 4 is 23.0 Å². The molecule has 0 saturated heterocycles. The van der Waals surface area contributed by atoms with Gasteiger partial charge < -0.3 is 9.52 Å². The highest BCUT2D eigenvalue weighted by Gasteiger charge is 2.14. The molecular formula is C19H14O4. The first-order chi connectivity index (χ1) is 11.1. The summed E-state index contributed by atoms with van der Waals surface area (Å²) in [5, 5.41) is 9.24. The summed E-state index contributed by atoms with van der Waals surface area (Å²) in [6.07, 6.45) is 2.45. The first-order valence-electron chi connectivity index (χ1n) is 7.11. The minimum Gasteiger partial charge on any atom is -0.478 e. The molecule has 1 N–H and O–H groups in total. The third kappa shape index (κ3) is 2.79. The van der Waals surface area contributed by atoms with Gasteiger partial charge in [-0.2, -0.15) is 0 Å². The highest BCUT2D eigenvalue weighted by Crippen LogP contribution is 2.27. The van der Waals surface area contributed by atoms with Crippen molar-refractivity contribution in [2.75, 3.05) is 0 Å². The predicted octanol–water partition coefficient (Wildman–Crippen LogP) is 3.87. The predicted molar refractivity (Wildman–Crippen MR) is 89.3 cm³/mol. The Hall–Kier alpha value is -3.14. The van der Waals surface area contributed by atoms with Gasteiger partial charge in [0.2, 0.25) is 0 Å². The molecule has 0 radical (unpaired) electrons. The number of carbonyl (C=O) groups is 1. The Morgan fingerprint density at radius 2 is 1.83 bits per heavy atom. The Morgan fingerprint density at radius 3 is 2.52 bits per heavy atom. The third-order valence-corrected chi connectivity index (χ3v) is 3.62. The van der Waals surface area contributed by atoms with Crippen LogP contribution in [0.15, 0.2) is 63.8 Å². The second-order valence-corrected chi connectivity index (χ2v) is 5.15. The van der Waals surface area contributed by atoms with E-state index in [2.05, 4.69) is 0 Å². The molecule has 2 aromatic carbocycles. The zero-order chi connectivity index (χ0) is 16.4. The standard InChI is InChI=1S/C19H14O4/c1-12-17(22)15-9-5-8-14(10-11-16(20)21)19(15)23-18(12)13-6-3-2-4-7-13/h2-11H,1H3,(H,20,21). The molecule has 1 heterocycles. The summed E-state index contributed by atoms with van der Waals surface area (Å²) >= 11 is 0. The van der Waals surface area contributed by atoms with Gasteiger partial charge in [0.25, 0.3) is 0 Å². The lowest BCUT2D eigenvalue weighted by Gasteiger charge is -2.08. The van der Waals surface area contributed by atoms with Crippen molar-refractivity contribution in [2.45, 2.75) is 6.92 Å². The summed E-state index contributed by atoms with van der Waals surface area (Å²) < 4.78 is 5.98. The first kappa shape index (κ1) is 14.8. The van der Waals surface area contributed by atoms with Crippen LogP contribution in [0, 0.1) is 6.92 Å². The minimum absolute atomic E-state index is 0.115. The molecule has 0 aliphatic rings. The number of carboxylic acids is 1. The molecular weight excluding hydrogens is 292 g/mol. The fourth-order valence-electron chi connectivity index (χ4n) is 2.49. The molecule has 3 rings (SSSR count). The van der Waals surface area contributed by atoms with E-state index in [1.54, 1.807) is 25.1 Å². The van der Waals surface area contributed by atoms with Crippen molar-refractivity contribution in [1.29, 1.82) is 0 Å². The monoisotopic (exact) mass is 306 g/mol. The maximum atomic E-state index is 12.6. The van der Waals surface area contributed by atoms with Crippen LogP contribution in [-0.4, -0.2) is 11.1 Å². The summed E-state index contributed by atoms with van der Waals surface area (Å²) in [7, 11) is 0. The van der Waals surface area contributed by atoms with Crippen LogP contribution in [0.2, 0.25) is 0 Å². The zero-order valence-electron chi connectivity index (χ0n) is 12.4. The average molecular weight is 306 g/mol. The fraction of sp³-hybridized carbons (Fsp3) is 0.0526. The van der Waals surface area contributed by atoms with Crippen LogP contribution in [0.4, 0.5) is 0 Å². The van der Waals surface area contributed by atoms with Crippen molar-refractivity contribution in [3.63, 3.8) is 0 Å². The van der Waals surface area contributed by atoms with E-state index in [1.165, 1.54) is 6.08 Å². The Labute approximate surface area is 132 Å². The number of fused-ring (bicyclic) bond motifs is 1. The van der Waals surface area contributed by atoms with Crippen molar-refractivity contribution < 1.29 is 14.3 Å². The maximum Gasteiger partial charge on any atom is 0.328 e. The molecule has 4 heteroatoms. The summed E-state index contributed by atoms with van der Waals surface area (Å²) in [6, 6.07) is 14.5. The van der Waals surface area contributed by atoms with E-state index in [4.69, 9.17) is 9.52 Å². The lowest BCUT2D eigenvalue weighted by atomic mass is 10.0. The van der Waals surface area contributed by atoms with Gasteiger partial charge in [-0.15, -0.1) is 0 Å². The number of hydrogen-bond acceptors (Lipinski definition) is 3. The molecule has 3 aromatic rings. The van der Waals surface area contributed by atoms with E-state index in [1.807, 2.05) is 30.3 Å². The lowest BCUT2D eigenvalue weighted by Crippen LogP contribution is -2.07. The van der Waals surface area contributed by atoms with Gasteiger partial charge in [0.15, 0.2) is 5.43 Å². The van der Waals surface area contributed by atoms with Crippen LogP contribution >= 0.6 is 0 Å². The second kappa shape index (κ2) is 5.93. The van der Waals surface area contributed by atoms with E-state index in [-0.39, 0.29) is 5.43 Å². The molecule has 114 valence electrons. The Kier molecular flexibility index (Phi) is 3.81. The van der Waals surface area contributed by atoms with Crippen molar-refractivity contribution in [1.82, 2.24) is 0 Å². The maximum absolute atomic E-state index is 12.6. The molecule has 0 spiro atoms. The molecule has 0 aliphatic carbocycles. The van der Waals surface area contributed by atoms with E-state index in [0.717, 1.165) is 11.6 Å². The van der Waals surface area contributed by atoms with Gasteiger partial charge in [0.05, 0.1) is 5.39 Å². The molecule has 0 amide bonds. The number of benzene rings is 2. The van der Waals surface area contributed by atoms with E-state index in [9.17, 15) is 9.59 Å². The Bertz CT molecular complexity index is 966. The molecule has 0 atom stereocenters. The molecule has 0 fully saturated rings. The van der Waals surface area contributed by atoms with Crippen LogP contribution in [0.1, 0.15) is 11.1 Å². The van der Waals surface area contributed by atoms with Gasteiger partial charge in [-0.3, -0.25) is 4.79 Å². The second-order valence-electron chi connectivity index (χ2n) is 5.15. The summed E-state index contributed by atoms with van der Waals surface area (Å²) in [5.41, 5.74) is 2.17.